The van der Waals surface area contributed by atoms with E-state index in [1.165, 1.54) is 43.2 Å². The number of ether oxygens (including phenoxy) is 1. The Morgan fingerprint density at radius 1 is 1.18 bits per heavy atom. The lowest BCUT2D eigenvalue weighted by atomic mass is 9.94. The minimum absolute atomic E-state index is 0.0427. The molecule has 0 spiro atoms. The predicted molar refractivity (Wildman–Crippen MR) is 128 cm³/mol. The van der Waals surface area contributed by atoms with Crippen molar-refractivity contribution < 1.29 is 22.4 Å². The van der Waals surface area contributed by atoms with Gasteiger partial charge in [-0.3, -0.25) is 9.52 Å². The standard InChI is InChI=1S/C23H27N3O5S2/c1-26(17-6-4-3-5-7-17)22(27)15-32-23-24-20-14-19(12-13-21(20)31-23)33(28,29)25-16-8-10-18(30-2)11-9-16/h8-14,17,25H,3-7,15H2,1-2H3. The van der Waals surface area contributed by atoms with Crippen LogP contribution in [0.25, 0.3) is 11.1 Å². The molecule has 0 radical (unpaired) electrons. The van der Waals surface area contributed by atoms with Crippen LogP contribution in [0.5, 0.6) is 5.75 Å². The van der Waals surface area contributed by atoms with Crippen LogP contribution in [-0.4, -0.2) is 50.2 Å². The Morgan fingerprint density at radius 3 is 2.61 bits per heavy atom. The fraction of sp³-hybridized carbons (Fsp3) is 0.391. The second-order valence-corrected chi connectivity index (χ2v) is 10.6. The zero-order chi connectivity index (χ0) is 23.4. The molecule has 8 nitrogen and oxygen atoms in total. The number of nitrogens with zero attached hydrogens (tertiary/aromatic N) is 2. The third-order valence-electron chi connectivity index (χ3n) is 5.83. The van der Waals surface area contributed by atoms with Crippen molar-refractivity contribution in [2.45, 2.75) is 48.3 Å². The number of rotatable bonds is 8. The Kier molecular flexibility index (Phi) is 7.14. The smallest absolute Gasteiger partial charge is 0.261 e. The number of carbonyl (C=O) groups is 1. The summed E-state index contributed by atoms with van der Waals surface area (Å²) >= 11 is 1.22. The molecule has 1 fully saturated rings. The highest BCUT2D eigenvalue weighted by atomic mass is 32.2. The summed E-state index contributed by atoms with van der Waals surface area (Å²) < 4.78 is 38.9. The number of anilines is 1. The number of thioether (sulfide) groups is 1. The molecule has 0 unspecified atom stereocenters. The molecule has 4 rings (SSSR count). The van der Waals surface area contributed by atoms with Crippen molar-refractivity contribution in [2.24, 2.45) is 0 Å². The van der Waals surface area contributed by atoms with E-state index in [0.717, 1.165) is 12.8 Å². The lowest BCUT2D eigenvalue weighted by Crippen LogP contribution is -2.39. The molecule has 33 heavy (non-hydrogen) atoms. The summed E-state index contributed by atoms with van der Waals surface area (Å²) in [4.78, 5) is 18.9. The lowest BCUT2D eigenvalue weighted by molar-refractivity contribution is -0.129. The van der Waals surface area contributed by atoms with Crippen molar-refractivity contribution >= 4 is 44.5 Å². The quantitative estimate of drug-likeness (QED) is 0.464. The van der Waals surface area contributed by atoms with Crippen LogP contribution >= 0.6 is 11.8 Å². The fourth-order valence-corrected chi connectivity index (χ4v) is 5.73. The largest absolute Gasteiger partial charge is 0.497 e. The van der Waals surface area contributed by atoms with E-state index in [1.54, 1.807) is 37.4 Å². The normalized spacial score (nSPS) is 14.8. The molecule has 2 aromatic carbocycles. The Hall–Kier alpha value is -2.72. The van der Waals surface area contributed by atoms with Crippen LogP contribution in [0.2, 0.25) is 0 Å². The van der Waals surface area contributed by atoms with Gasteiger partial charge in [-0.05, 0) is 55.3 Å². The molecule has 1 aliphatic rings. The molecule has 0 bridgehead atoms. The van der Waals surface area contributed by atoms with E-state index in [0.29, 0.717) is 33.8 Å². The molecule has 10 heteroatoms. The molecule has 1 N–H and O–H groups in total. The summed E-state index contributed by atoms with van der Waals surface area (Å²) in [5.41, 5.74) is 1.31. The van der Waals surface area contributed by atoms with Crippen LogP contribution in [0.1, 0.15) is 32.1 Å². The third-order valence-corrected chi connectivity index (χ3v) is 8.02. The van der Waals surface area contributed by atoms with Crippen LogP contribution in [0.15, 0.2) is 57.0 Å². The summed E-state index contributed by atoms with van der Waals surface area (Å²) in [6.07, 6.45) is 5.68. The molecule has 0 aliphatic heterocycles. The van der Waals surface area contributed by atoms with Gasteiger partial charge in [0.05, 0.1) is 17.8 Å². The van der Waals surface area contributed by atoms with Crippen LogP contribution in [0, 0.1) is 0 Å². The number of carbonyl (C=O) groups excluding carboxylic acids is 1. The maximum atomic E-state index is 12.8. The van der Waals surface area contributed by atoms with Crippen molar-refractivity contribution in [3.63, 3.8) is 0 Å². The van der Waals surface area contributed by atoms with Crippen molar-refractivity contribution in [1.29, 1.82) is 0 Å². The van der Waals surface area contributed by atoms with Crippen molar-refractivity contribution in [3.8, 4) is 5.75 Å². The first-order valence-corrected chi connectivity index (χ1v) is 13.3. The van der Waals surface area contributed by atoms with Gasteiger partial charge >= 0.3 is 0 Å². The molecule has 1 heterocycles. The van der Waals surface area contributed by atoms with Crippen LogP contribution in [-0.2, 0) is 14.8 Å². The number of sulfonamides is 1. The van der Waals surface area contributed by atoms with E-state index >= 15 is 0 Å². The number of aromatic nitrogens is 1. The minimum Gasteiger partial charge on any atom is -0.497 e. The van der Waals surface area contributed by atoms with E-state index < -0.39 is 10.0 Å². The Balaban J connectivity index is 1.42. The van der Waals surface area contributed by atoms with Gasteiger partial charge in [0.2, 0.25) is 5.91 Å². The monoisotopic (exact) mass is 489 g/mol. The van der Waals surface area contributed by atoms with Gasteiger partial charge in [0, 0.05) is 18.8 Å². The molecule has 0 saturated heterocycles. The van der Waals surface area contributed by atoms with Gasteiger partial charge in [0.25, 0.3) is 15.2 Å². The molecule has 1 amide bonds. The van der Waals surface area contributed by atoms with Gasteiger partial charge < -0.3 is 14.1 Å². The molecule has 1 saturated carbocycles. The molecular formula is C23H27N3O5S2. The van der Waals surface area contributed by atoms with Gasteiger partial charge in [0.15, 0.2) is 5.58 Å². The number of hydrogen-bond donors (Lipinski definition) is 1. The highest BCUT2D eigenvalue weighted by molar-refractivity contribution is 7.99. The first-order valence-electron chi connectivity index (χ1n) is 10.8. The van der Waals surface area contributed by atoms with Gasteiger partial charge in [-0.2, -0.15) is 0 Å². The number of benzene rings is 2. The number of hydrogen-bond acceptors (Lipinski definition) is 7. The average molecular weight is 490 g/mol. The van der Waals surface area contributed by atoms with E-state index in [9.17, 15) is 13.2 Å². The van der Waals surface area contributed by atoms with E-state index in [1.807, 2.05) is 11.9 Å². The van der Waals surface area contributed by atoms with Gasteiger partial charge in [-0.15, -0.1) is 0 Å². The zero-order valence-electron chi connectivity index (χ0n) is 18.6. The summed E-state index contributed by atoms with van der Waals surface area (Å²) in [5.74, 6) is 0.904. The minimum atomic E-state index is -3.80. The first kappa shape index (κ1) is 23.4. The maximum absolute atomic E-state index is 12.8. The third kappa shape index (κ3) is 5.62. The first-order chi connectivity index (χ1) is 15.9. The van der Waals surface area contributed by atoms with Crippen molar-refractivity contribution in [2.75, 3.05) is 24.6 Å². The Morgan fingerprint density at radius 2 is 1.91 bits per heavy atom. The van der Waals surface area contributed by atoms with Gasteiger partial charge in [-0.25, -0.2) is 13.4 Å². The summed E-state index contributed by atoms with van der Waals surface area (Å²) in [6, 6.07) is 11.4. The highest BCUT2D eigenvalue weighted by Crippen LogP contribution is 2.28. The van der Waals surface area contributed by atoms with Gasteiger partial charge in [0.1, 0.15) is 11.3 Å². The summed E-state index contributed by atoms with van der Waals surface area (Å²) in [5, 5.41) is 0.341. The molecule has 1 aromatic heterocycles. The summed E-state index contributed by atoms with van der Waals surface area (Å²) in [7, 11) is -0.400. The number of amides is 1. The van der Waals surface area contributed by atoms with Gasteiger partial charge in [-0.1, -0.05) is 31.0 Å². The number of oxazole rings is 1. The van der Waals surface area contributed by atoms with E-state index in [-0.39, 0.29) is 16.6 Å². The fourth-order valence-electron chi connectivity index (χ4n) is 3.89. The molecular weight excluding hydrogens is 462 g/mol. The van der Waals surface area contributed by atoms with Crippen LogP contribution in [0.3, 0.4) is 0 Å². The Labute approximate surface area is 197 Å². The lowest BCUT2D eigenvalue weighted by Gasteiger charge is -2.31. The zero-order valence-corrected chi connectivity index (χ0v) is 20.2. The molecule has 3 aromatic rings. The average Bonchev–Trinajstić information content (AvgIpc) is 3.25. The maximum Gasteiger partial charge on any atom is 0.261 e. The van der Waals surface area contributed by atoms with Crippen molar-refractivity contribution in [1.82, 2.24) is 9.88 Å². The Bertz CT molecular complexity index is 1220. The van der Waals surface area contributed by atoms with Crippen LogP contribution < -0.4 is 9.46 Å². The number of methoxy groups -OCH3 is 1. The molecule has 1 aliphatic carbocycles. The highest BCUT2D eigenvalue weighted by Gasteiger charge is 2.23. The van der Waals surface area contributed by atoms with E-state index in [2.05, 4.69) is 9.71 Å². The topological polar surface area (TPSA) is 102 Å². The second kappa shape index (κ2) is 10.0. The predicted octanol–water partition coefficient (Wildman–Crippen LogP) is 4.52. The second-order valence-electron chi connectivity index (χ2n) is 8.03. The SMILES string of the molecule is COc1ccc(NS(=O)(=O)c2ccc3oc(SCC(=O)N(C)C4CCCCC4)nc3c2)cc1. The van der Waals surface area contributed by atoms with Crippen molar-refractivity contribution in [3.05, 3.63) is 42.5 Å². The molecule has 0 atom stereocenters. The van der Waals surface area contributed by atoms with Crippen LogP contribution in [0.4, 0.5) is 5.69 Å². The number of nitrogens with one attached hydrogen (secondary N) is 1. The number of fused-ring (bicyclic) bond motifs is 1. The summed E-state index contributed by atoms with van der Waals surface area (Å²) in [6.45, 7) is 0. The van der Waals surface area contributed by atoms with E-state index in [4.69, 9.17) is 9.15 Å². The molecule has 176 valence electrons.